The van der Waals surface area contributed by atoms with Crippen LogP contribution in [0.2, 0.25) is 0 Å². The molecule has 1 aromatic rings. The summed E-state index contributed by atoms with van der Waals surface area (Å²) in [5.41, 5.74) is 2.96. The van der Waals surface area contributed by atoms with Crippen molar-refractivity contribution in [2.45, 2.75) is 58.3 Å². The van der Waals surface area contributed by atoms with E-state index >= 15 is 0 Å². The highest BCUT2D eigenvalue weighted by atomic mass is 15.1. The van der Waals surface area contributed by atoms with Crippen LogP contribution >= 0.6 is 0 Å². The lowest BCUT2D eigenvalue weighted by Crippen LogP contribution is -2.30. The summed E-state index contributed by atoms with van der Waals surface area (Å²) in [7, 11) is 0. The first kappa shape index (κ1) is 14.6. The highest BCUT2D eigenvalue weighted by Crippen LogP contribution is 2.12. The van der Waals surface area contributed by atoms with Crippen molar-refractivity contribution in [1.82, 2.24) is 4.90 Å². The summed E-state index contributed by atoms with van der Waals surface area (Å²) < 4.78 is 0. The summed E-state index contributed by atoms with van der Waals surface area (Å²) in [6, 6.07) is 9.18. The molecule has 106 valence electrons. The lowest BCUT2D eigenvalue weighted by Gasteiger charge is -2.26. The van der Waals surface area contributed by atoms with Crippen LogP contribution in [0, 0.1) is 0 Å². The number of hydrogen-bond donors (Lipinski definition) is 0. The van der Waals surface area contributed by atoms with Gasteiger partial charge >= 0.3 is 0 Å². The predicted molar refractivity (Wildman–Crippen MR) is 83.7 cm³/mol. The molecule has 0 spiro atoms. The minimum Gasteiger partial charge on any atom is -0.303 e. The molecule has 0 N–H and O–H groups in total. The number of unbranched alkanes of at least 4 members (excludes halogenated alkanes) is 2. The van der Waals surface area contributed by atoms with E-state index in [-0.39, 0.29) is 0 Å². The third-order valence-electron chi connectivity index (χ3n) is 4.32. The van der Waals surface area contributed by atoms with Crippen molar-refractivity contribution in [3.05, 3.63) is 35.4 Å². The van der Waals surface area contributed by atoms with Crippen LogP contribution in [-0.2, 0) is 12.8 Å². The van der Waals surface area contributed by atoms with E-state index in [1.807, 2.05) is 0 Å². The summed E-state index contributed by atoms with van der Waals surface area (Å²) in [4.78, 5) is 2.65. The number of hydrogen-bond acceptors (Lipinski definition) is 1. The highest BCUT2D eigenvalue weighted by molar-refractivity contribution is 5.22. The van der Waals surface area contributed by atoms with E-state index in [1.165, 1.54) is 75.7 Å². The Labute approximate surface area is 119 Å². The van der Waals surface area contributed by atoms with Crippen molar-refractivity contribution < 1.29 is 0 Å². The Morgan fingerprint density at radius 2 is 1.53 bits per heavy atom. The molecular weight excluding hydrogens is 230 g/mol. The Hall–Kier alpha value is -0.820. The highest BCUT2D eigenvalue weighted by Gasteiger charge is 2.08. The molecule has 1 heteroatoms. The monoisotopic (exact) mass is 259 g/mol. The minimum atomic E-state index is 1.15. The van der Waals surface area contributed by atoms with Crippen LogP contribution in [0.15, 0.2) is 24.3 Å². The molecule has 1 saturated heterocycles. The lowest BCUT2D eigenvalue weighted by atomic mass is 10.0. The molecule has 0 bridgehead atoms. The number of piperidine rings is 1. The summed E-state index contributed by atoms with van der Waals surface area (Å²) >= 11 is 0. The molecule has 0 amide bonds. The average molecular weight is 259 g/mol. The molecule has 0 radical (unpaired) electrons. The fourth-order valence-electron chi connectivity index (χ4n) is 2.97. The zero-order valence-corrected chi connectivity index (χ0v) is 12.5. The number of likely N-dealkylation sites (tertiary alicyclic amines) is 1. The van der Waals surface area contributed by atoms with Gasteiger partial charge in [0, 0.05) is 0 Å². The molecule has 1 heterocycles. The van der Waals surface area contributed by atoms with E-state index in [9.17, 15) is 0 Å². The van der Waals surface area contributed by atoms with Crippen molar-refractivity contribution in [3.8, 4) is 0 Å². The molecule has 0 atom stereocenters. The van der Waals surface area contributed by atoms with Crippen LogP contribution in [-0.4, -0.2) is 24.5 Å². The average Bonchev–Trinajstić information content (AvgIpc) is 2.49. The Bertz CT molecular complexity index is 335. The molecule has 1 aliphatic heterocycles. The third-order valence-corrected chi connectivity index (χ3v) is 4.32. The maximum absolute atomic E-state index is 2.65. The zero-order valence-electron chi connectivity index (χ0n) is 12.5. The van der Waals surface area contributed by atoms with Gasteiger partial charge in [-0.05, 0) is 69.3 Å². The van der Waals surface area contributed by atoms with E-state index in [0.717, 1.165) is 6.42 Å². The number of nitrogens with zero attached hydrogens (tertiary/aromatic N) is 1. The Balaban J connectivity index is 1.55. The van der Waals surface area contributed by atoms with E-state index < -0.39 is 0 Å². The van der Waals surface area contributed by atoms with Gasteiger partial charge in [-0.3, -0.25) is 0 Å². The van der Waals surface area contributed by atoms with Crippen molar-refractivity contribution >= 4 is 0 Å². The van der Waals surface area contributed by atoms with Crippen LogP contribution in [0.3, 0.4) is 0 Å². The Kier molecular flexibility index (Phi) is 6.43. The lowest BCUT2D eigenvalue weighted by molar-refractivity contribution is 0.224. The third kappa shape index (κ3) is 5.36. The summed E-state index contributed by atoms with van der Waals surface area (Å²) in [5, 5.41) is 0. The molecule has 1 fully saturated rings. The van der Waals surface area contributed by atoms with Gasteiger partial charge in [-0.2, -0.15) is 0 Å². The fourth-order valence-corrected chi connectivity index (χ4v) is 2.97. The second-order valence-corrected chi connectivity index (χ2v) is 5.88. The fraction of sp³-hybridized carbons (Fsp3) is 0.667. The van der Waals surface area contributed by atoms with Crippen LogP contribution in [0.4, 0.5) is 0 Å². The van der Waals surface area contributed by atoms with Gasteiger partial charge in [0.25, 0.3) is 0 Å². The topological polar surface area (TPSA) is 3.24 Å². The van der Waals surface area contributed by atoms with Crippen LogP contribution < -0.4 is 0 Å². The van der Waals surface area contributed by atoms with Crippen molar-refractivity contribution in [3.63, 3.8) is 0 Å². The van der Waals surface area contributed by atoms with Gasteiger partial charge in [0.15, 0.2) is 0 Å². The van der Waals surface area contributed by atoms with Crippen LogP contribution in [0.1, 0.15) is 56.6 Å². The second-order valence-electron chi connectivity index (χ2n) is 5.88. The first-order valence-electron chi connectivity index (χ1n) is 8.18. The van der Waals surface area contributed by atoms with Gasteiger partial charge in [0.05, 0.1) is 0 Å². The number of rotatable bonds is 7. The van der Waals surface area contributed by atoms with Crippen molar-refractivity contribution in [2.24, 2.45) is 0 Å². The molecule has 1 aliphatic rings. The SMILES string of the molecule is CCc1ccc(CCCCCN2CCCCC2)cc1. The standard InChI is InChI=1S/C18H29N/c1-2-17-10-12-18(13-11-17)9-5-3-6-14-19-15-7-4-8-16-19/h10-13H,2-9,14-16H2,1H3. The largest absolute Gasteiger partial charge is 0.303 e. The van der Waals surface area contributed by atoms with E-state index in [4.69, 9.17) is 0 Å². The summed E-state index contributed by atoms with van der Waals surface area (Å²) in [5.74, 6) is 0. The molecule has 2 rings (SSSR count). The maximum atomic E-state index is 2.65. The van der Waals surface area contributed by atoms with Crippen LogP contribution in [0.5, 0.6) is 0 Å². The molecule has 1 aromatic carbocycles. The van der Waals surface area contributed by atoms with E-state index in [2.05, 4.69) is 36.1 Å². The summed E-state index contributed by atoms with van der Waals surface area (Å²) in [6.45, 7) is 6.24. The molecule has 19 heavy (non-hydrogen) atoms. The molecule has 0 aliphatic carbocycles. The van der Waals surface area contributed by atoms with Gasteiger partial charge in [-0.15, -0.1) is 0 Å². The Morgan fingerprint density at radius 3 is 2.21 bits per heavy atom. The van der Waals surface area contributed by atoms with Gasteiger partial charge in [0.1, 0.15) is 0 Å². The smallest absolute Gasteiger partial charge is 0.00187 e. The zero-order chi connectivity index (χ0) is 13.3. The van der Waals surface area contributed by atoms with E-state index in [0.29, 0.717) is 0 Å². The summed E-state index contributed by atoms with van der Waals surface area (Å²) in [6.07, 6.45) is 10.8. The Morgan fingerprint density at radius 1 is 0.842 bits per heavy atom. The van der Waals surface area contributed by atoms with Gasteiger partial charge in [-0.1, -0.05) is 44.0 Å². The maximum Gasteiger partial charge on any atom is -0.00187 e. The van der Waals surface area contributed by atoms with Crippen LogP contribution in [0.25, 0.3) is 0 Å². The quantitative estimate of drug-likeness (QED) is 0.654. The van der Waals surface area contributed by atoms with Crippen molar-refractivity contribution in [2.75, 3.05) is 19.6 Å². The molecule has 0 aromatic heterocycles. The first-order chi connectivity index (χ1) is 9.38. The molecule has 0 saturated carbocycles. The molecular formula is C18H29N. The normalized spacial score (nSPS) is 16.7. The predicted octanol–water partition coefficient (Wildman–Crippen LogP) is 4.45. The molecule has 0 unspecified atom stereocenters. The minimum absolute atomic E-state index is 1.15. The van der Waals surface area contributed by atoms with Crippen molar-refractivity contribution in [1.29, 1.82) is 0 Å². The van der Waals surface area contributed by atoms with Gasteiger partial charge in [-0.25, -0.2) is 0 Å². The first-order valence-corrected chi connectivity index (χ1v) is 8.18. The number of aryl methyl sites for hydroxylation is 2. The van der Waals surface area contributed by atoms with Gasteiger partial charge < -0.3 is 4.90 Å². The second kappa shape index (κ2) is 8.37. The van der Waals surface area contributed by atoms with E-state index in [1.54, 1.807) is 0 Å². The van der Waals surface area contributed by atoms with Gasteiger partial charge in [0.2, 0.25) is 0 Å². The number of benzene rings is 1. The molecule has 1 nitrogen and oxygen atoms in total.